The smallest absolute Gasteiger partial charge is 0.338 e. The lowest BCUT2D eigenvalue weighted by molar-refractivity contribution is -0.144. The summed E-state index contributed by atoms with van der Waals surface area (Å²) >= 11 is 3.43. The Hall–Kier alpha value is -1.69. The highest BCUT2D eigenvalue weighted by atomic mass is 79.9. The molecule has 23 heavy (non-hydrogen) atoms. The third-order valence-electron chi connectivity index (χ3n) is 3.70. The molecule has 0 radical (unpaired) electrons. The van der Waals surface area contributed by atoms with Gasteiger partial charge >= 0.3 is 5.97 Å². The Morgan fingerprint density at radius 1 is 1.04 bits per heavy atom. The van der Waals surface area contributed by atoms with Crippen LogP contribution in [0.15, 0.2) is 54.6 Å². The quantitative estimate of drug-likeness (QED) is 0.590. The first-order valence-corrected chi connectivity index (χ1v) is 8.51. The Bertz CT molecular complexity index is 648. The van der Waals surface area contributed by atoms with Gasteiger partial charge in [0.15, 0.2) is 0 Å². The van der Waals surface area contributed by atoms with Gasteiger partial charge in [-0.3, -0.25) is 0 Å². The van der Waals surface area contributed by atoms with Gasteiger partial charge in [-0.25, -0.2) is 4.79 Å². The van der Waals surface area contributed by atoms with Gasteiger partial charge in [0.1, 0.15) is 6.61 Å². The summed E-state index contributed by atoms with van der Waals surface area (Å²) in [5, 5.41) is 0.539. The van der Waals surface area contributed by atoms with Gasteiger partial charge in [-0.15, -0.1) is 0 Å². The van der Waals surface area contributed by atoms with Crippen molar-refractivity contribution >= 4 is 21.9 Å². The fraction of sp³-hybridized carbons (Fsp3) is 0.278. The molecule has 4 nitrogen and oxygen atoms in total. The summed E-state index contributed by atoms with van der Waals surface area (Å²) in [4.78, 5) is 12.1. The van der Waals surface area contributed by atoms with Gasteiger partial charge in [0.05, 0.1) is 24.1 Å². The number of esters is 1. The lowest BCUT2D eigenvalue weighted by Crippen LogP contribution is -2.29. The highest BCUT2D eigenvalue weighted by Gasteiger charge is 2.37. The number of benzene rings is 2. The normalized spacial score (nSPS) is 16.2. The van der Waals surface area contributed by atoms with Crippen LogP contribution >= 0.6 is 15.9 Å². The summed E-state index contributed by atoms with van der Waals surface area (Å²) in [6.45, 7) is 1.39. The minimum atomic E-state index is -0.757. The molecule has 0 saturated carbocycles. The van der Waals surface area contributed by atoms with Crippen molar-refractivity contribution in [2.45, 2.75) is 12.4 Å². The number of alkyl halides is 1. The van der Waals surface area contributed by atoms with Crippen molar-refractivity contribution in [2.24, 2.45) is 0 Å². The fourth-order valence-electron chi connectivity index (χ4n) is 2.44. The first-order chi connectivity index (χ1) is 11.2. The largest absolute Gasteiger partial charge is 0.457 e. The summed E-state index contributed by atoms with van der Waals surface area (Å²) in [5.74, 6) is -1.10. The summed E-state index contributed by atoms with van der Waals surface area (Å²) < 4.78 is 16.7. The average Bonchev–Trinajstić information content (AvgIpc) is 3.11. The molecular formula is C18H17BrO4. The van der Waals surface area contributed by atoms with Gasteiger partial charge in [0, 0.05) is 5.56 Å². The summed E-state index contributed by atoms with van der Waals surface area (Å²) in [5.41, 5.74) is 2.35. The molecular weight excluding hydrogens is 360 g/mol. The van der Waals surface area contributed by atoms with E-state index in [1.165, 1.54) is 0 Å². The molecule has 0 N–H and O–H groups in total. The van der Waals surface area contributed by atoms with Gasteiger partial charge in [-0.05, 0) is 17.7 Å². The lowest BCUT2D eigenvalue weighted by Gasteiger charge is -2.25. The monoisotopic (exact) mass is 376 g/mol. The van der Waals surface area contributed by atoms with Gasteiger partial charge in [0.2, 0.25) is 5.79 Å². The number of ether oxygens (including phenoxy) is 3. The highest BCUT2D eigenvalue weighted by molar-refractivity contribution is 9.09. The molecule has 0 bridgehead atoms. The van der Waals surface area contributed by atoms with Crippen LogP contribution in [0.25, 0.3) is 0 Å². The highest BCUT2D eigenvalue weighted by Crippen LogP contribution is 2.33. The van der Waals surface area contributed by atoms with Gasteiger partial charge < -0.3 is 14.2 Å². The maximum atomic E-state index is 12.1. The SMILES string of the molecule is O=C(OCc1ccccc1)c1ccc(C2(CBr)OCCO2)cc1. The van der Waals surface area contributed by atoms with Crippen molar-refractivity contribution in [3.63, 3.8) is 0 Å². The van der Waals surface area contributed by atoms with Crippen molar-refractivity contribution in [1.82, 2.24) is 0 Å². The van der Waals surface area contributed by atoms with Crippen LogP contribution in [0, 0.1) is 0 Å². The maximum absolute atomic E-state index is 12.1. The molecule has 1 heterocycles. The number of carbonyl (C=O) groups excluding carboxylic acids is 1. The van der Waals surface area contributed by atoms with Gasteiger partial charge in [-0.1, -0.05) is 58.4 Å². The number of hydrogen-bond donors (Lipinski definition) is 0. The minimum absolute atomic E-state index is 0.263. The zero-order valence-electron chi connectivity index (χ0n) is 12.5. The molecule has 0 unspecified atom stereocenters. The second kappa shape index (κ2) is 7.25. The number of carbonyl (C=O) groups is 1. The summed E-state index contributed by atoms with van der Waals surface area (Å²) in [6.07, 6.45) is 0. The topological polar surface area (TPSA) is 44.8 Å². The van der Waals surface area contributed by atoms with Crippen LogP contribution in [0.2, 0.25) is 0 Å². The standard InChI is InChI=1S/C18H17BrO4/c19-13-18(22-10-11-23-18)16-8-6-15(7-9-16)17(20)21-12-14-4-2-1-3-5-14/h1-9H,10-13H2. The maximum Gasteiger partial charge on any atom is 0.338 e. The van der Waals surface area contributed by atoms with Crippen molar-refractivity contribution in [3.8, 4) is 0 Å². The molecule has 0 spiro atoms. The van der Waals surface area contributed by atoms with E-state index < -0.39 is 5.79 Å². The third kappa shape index (κ3) is 3.63. The van der Waals surface area contributed by atoms with Crippen molar-refractivity contribution in [2.75, 3.05) is 18.5 Å². The molecule has 1 aliphatic heterocycles. The summed E-state index contributed by atoms with van der Waals surface area (Å²) in [7, 11) is 0. The number of hydrogen-bond acceptors (Lipinski definition) is 4. The Morgan fingerprint density at radius 2 is 1.70 bits per heavy atom. The van der Waals surface area contributed by atoms with E-state index in [1.807, 2.05) is 42.5 Å². The molecule has 5 heteroatoms. The van der Waals surface area contributed by atoms with Crippen molar-refractivity contribution in [3.05, 3.63) is 71.3 Å². The molecule has 1 saturated heterocycles. The zero-order valence-corrected chi connectivity index (χ0v) is 14.1. The second-order valence-corrected chi connectivity index (χ2v) is 5.78. The van der Waals surface area contributed by atoms with E-state index in [-0.39, 0.29) is 12.6 Å². The average molecular weight is 377 g/mol. The van der Waals surface area contributed by atoms with E-state index in [0.717, 1.165) is 11.1 Å². The van der Waals surface area contributed by atoms with E-state index in [0.29, 0.717) is 24.1 Å². The number of halogens is 1. The molecule has 0 amide bonds. The van der Waals surface area contributed by atoms with Crippen LogP contribution < -0.4 is 0 Å². The first-order valence-electron chi connectivity index (χ1n) is 7.39. The van der Waals surface area contributed by atoms with E-state index in [9.17, 15) is 4.79 Å². The van der Waals surface area contributed by atoms with Crippen LogP contribution in [0.1, 0.15) is 21.5 Å². The second-order valence-electron chi connectivity index (χ2n) is 5.22. The zero-order chi connectivity index (χ0) is 16.1. The van der Waals surface area contributed by atoms with E-state index in [1.54, 1.807) is 12.1 Å². The predicted octanol–water partition coefficient (Wildman–Crippen LogP) is 3.64. The van der Waals surface area contributed by atoms with Gasteiger partial charge in [0.25, 0.3) is 0 Å². The van der Waals surface area contributed by atoms with E-state index in [4.69, 9.17) is 14.2 Å². The van der Waals surface area contributed by atoms with Crippen molar-refractivity contribution < 1.29 is 19.0 Å². The van der Waals surface area contributed by atoms with Crippen LogP contribution in [0.4, 0.5) is 0 Å². The molecule has 1 fully saturated rings. The molecule has 3 rings (SSSR count). The van der Waals surface area contributed by atoms with Crippen molar-refractivity contribution in [1.29, 1.82) is 0 Å². The minimum Gasteiger partial charge on any atom is -0.457 e. The van der Waals surface area contributed by atoms with E-state index in [2.05, 4.69) is 15.9 Å². The van der Waals surface area contributed by atoms with Crippen LogP contribution in [0.5, 0.6) is 0 Å². The van der Waals surface area contributed by atoms with Gasteiger partial charge in [-0.2, -0.15) is 0 Å². The lowest BCUT2D eigenvalue weighted by atomic mass is 10.1. The first kappa shape index (κ1) is 16.2. The molecule has 120 valence electrons. The predicted molar refractivity (Wildman–Crippen MR) is 89.4 cm³/mol. The molecule has 0 atom stereocenters. The Morgan fingerprint density at radius 3 is 2.30 bits per heavy atom. The molecule has 2 aromatic carbocycles. The summed E-state index contributed by atoms with van der Waals surface area (Å²) in [6, 6.07) is 16.7. The Labute approximate surface area is 143 Å². The number of rotatable bonds is 5. The van der Waals surface area contributed by atoms with Crippen LogP contribution in [-0.4, -0.2) is 24.5 Å². The Kier molecular flexibility index (Phi) is 5.10. The molecule has 1 aliphatic rings. The fourth-order valence-corrected chi connectivity index (χ4v) is 3.09. The molecule has 0 aromatic heterocycles. The molecule has 2 aromatic rings. The van der Waals surface area contributed by atoms with Crippen LogP contribution in [0.3, 0.4) is 0 Å². The third-order valence-corrected chi connectivity index (χ3v) is 4.44. The van der Waals surface area contributed by atoms with Crippen LogP contribution in [-0.2, 0) is 26.6 Å². The molecule has 0 aliphatic carbocycles. The Balaban J connectivity index is 1.66. The van der Waals surface area contributed by atoms with E-state index >= 15 is 0 Å².